The van der Waals surface area contributed by atoms with Crippen LogP contribution in [0.25, 0.3) is 0 Å². The third-order valence-electron chi connectivity index (χ3n) is 6.25. The van der Waals surface area contributed by atoms with Crippen LogP contribution in [-0.2, 0) is 9.59 Å². The molecule has 2 heterocycles. The Morgan fingerprint density at radius 3 is 2.00 bits per heavy atom. The number of carbonyl (C=O) groups excluding carboxylic acids is 1. The zero-order valence-electron chi connectivity index (χ0n) is 15.9. The molecule has 0 aromatic heterocycles. The summed E-state index contributed by atoms with van der Waals surface area (Å²) in [7, 11) is 0. The first-order valence-electron chi connectivity index (χ1n) is 9.94. The predicted molar refractivity (Wildman–Crippen MR) is 107 cm³/mol. The standard InChI is InChI=1S/C23H26N2O3/c26-21(20(17-7-3-1-4-8-17)18-9-5-2-6-10-18)25-16-23(11-13-24-14-12-23)15-19(25)22(27)28/h1-10,19-20,24H,11-16H2,(H,27,28)/t19-/m1/s1. The van der Waals surface area contributed by atoms with Crippen molar-refractivity contribution in [1.82, 2.24) is 10.2 Å². The van der Waals surface area contributed by atoms with Crippen LogP contribution >= 0.6 is 0 Å². The fourth-order valence-electron chi connectivity index (χ4n) is 4.76. The Balaban J connectivity index is 1.70. The van der Waals surface area contributed by atoms with Crippen LogP contribution in [-0.4, -0.2) is 47.6 Å². The van der Waals surface area contributed by atoms with Crippen molar-refractivity contribution in [2.75, 3.05) is 19.6 Å². The van der Waals surface area contributed by atoms with Crippen molar-refractivity contribution in [1.29, 1.82) is 0 Å². The zero-order chi connectivity index (χ0) is 19.6. The molecule has 2 saturated heterocycles. The van der Waals surface area contributed by atoms with Crippen molar-refractivity contribution in [3.05, 3.63) is 71.8 Å². The smallest absolute Gasteiger partial charge is 0.326 e. The molecule has 0 unspecified atom stereocenters. The number of nitrogens with zero attached hydrogens (tertiary/aromatic N) is 1. The van der Waals surface area contributed by atoms with Crippen LogP contribution in [0.5, 0.6) is 0 Å². The third-order valence-corrected chi connectivity index (χ3v) is 6.25. The number of hydrogen-bond acceptors (Lipinski definition) is 3. The number of piperidine rings is 1. The maximum Gasteiger partial charge on any atom is 0.326 e. The van der Waals surface area contributed by atoms with Gasteiger partial charge in [-0.1, -0.05) is 60.7 Å². The second kappa shape index (κ2) is 7.76. The molecule has 0 bridgehead atoms. The molecule has 5 nitrogen and oxygen atoms in total. The highest BCUT2D eigenvalue weighted by molar-refractivity contribution is 5.91. The molecule has 2 N–H and O–H groups in total. The maximum absolute atomic E-state index is 13.7. The minimum absolute atomic E-state index is 0.0815. The Morgan fingerprint density at radius 1 is 0.964 bits per heavy atom. The first-order valence-corrected chi connectivity index (χ1v) is 9.94. The quantitative estimate of drug-likeness (QED) is 0.858. The number of aliphatic carboxylic acids is 1. The summed E-state index contributed by atoms with van der Waals surface area (Å²) < 4.78 is 0. The summed E-state index contributed by atoms with van der Waals surface area (Å²) in [4.78, 5) is 27.4. The fourth-order valence-corrected chi connectivity index (χ4v) is 4.76. The van der Waals surface area contributed by atoms with Gasteiger partial charge >= 0.3 is 5.97 Å². The Labute approximate surface area is 165 Å². The number of carbonyl (C=O) groups is 2. The van der Waals surface area contributed by atoms with Gasteiger partial charge in [0.25, 0.3) is 0 Å². The lowest BCUT2D eigenvalue weighted by molar-refractivity contribution is -0.148. The number of carboxylic acid groups (broad SMARTS) is 1. The molecule has 2 aromatic carbocycles. The molecule has 1 atom stereocenters. The van der Waals surface area contributed by atoms with Crippen molar-refractivity contribution in [2.24, 2.45) is 5.41 Å². The van der Waals surface area contributed by atoms with E-state index in [4.69, 9.17) is 0 Å². The zero-order valence-corrected chi connectivity index (χ0v) is 15.9. The average Bonchev–Trinajstić information content (AvgIpc) is 3.09. The maximum atomic E-state index is 13.7. The van der Waals surface area contributed by atoms with E-state index in [0.717, 1.165) is 37.1 Å². The van der Waals surface area contributed by atoms with Gasteiger partial charge in [-0.15, -0.1) is 0 Å². The lowest BCUT2D eigenvalue weighted by atomic mass is 9.77. The molecular weight excluding hydrogens is 352 g/mol. The minimum Gasteiger partial charge on any atom is -0.480 e. The average molecular weight is 378 g/mol. The van der Waals surface area contributed by atoms with Crippen LogP contribution < -0.4 is 5.32 Å². The van der Waals surface area contributed by atoms with Crippen molar-refractivity contribution < 1.29 is 14.7 Å². The van der Waals surface area contributed by atoms with E-state index in [9.17, 15) is 14.7 Å². The second-order valence-corrected chi connectivity index (χ2v) is 8.03. The van der Waals surface area contributed by atoms with Gasteiger partial charge in [0.2, 0.25) is 5.91 Å². The molecular formula is C23H26N2O3. The number of amides is 1. The summed E-state index contributed by atoms with van der Waals surface area (Å²) >= 11 is 0. The van der Waals surface area contributed by atoms with Gasteiger partial charge in [-0.25, -0.2) is 4.79 Å². The topological polar surface area (TPSA) is 69.6 Å². The molecule has 5 heteroatoms. The summed E-state index contributed by atoms with van der Waals surface area (Å²) in [5, 5.41) is 13.2. The van der Waals surface area contributed by atoms with E-state index >= 15 is 0 Å². The van der Waals surface area contributed by atoms with E-state index in [1.165, 1.54) is 0 Å². The van der Waals surface area contributed by atoms with Crippen molar-refractivity contribution in [2.45, 2.75) is 31.2 Å². The van der Waals surface area contributed by atoms with Gasteiger partial charge in [-0.05, 0) is 48.9 Å². The first-order chi connectivity index (χ1) is 13.6. The number of carboxylic acids is 1. The number of likely N-dealkylation sites (tertiary alicyclic amines) is 1. The highest BCUT2D eigenvalue weighted by Gasteiger charge is 2.50. The monoisotopic (exact) mass is 378 g/mol. The van der Waals surface area contributed by atoms with Gasteiger partial charge in [-0.3, -0.25) is 4.79 Å². The van der Waals surface area contributed by atoms with Gasteiger partial charge < -0.3 is 15.3 Å². The predicted octanol–water partition coefficient (Wildman–Crippen LogP) is 2.87. The van der Waals surface area contributed by atoms with Crippen LogP contribution in [0.1, 0.15) is 36.3 Å². The SMILES string of the molecule is O=C(O)[C@H]1CC2(CCNCC2)CN1C(=O)C(c1ccccc1)c1ccccc1. The lowest BCUT2D eigenvalue weighted by Gasteiger charge is -2.34. The van der Waals surface area contributed by atoms with Crippen LogP contribution in [0.15, 0.2) is 60.7 Å². The molecule has 146 valence electrons. The first kappa shape index (κ1) is 18.7. The largest absolute Gasteiger partial charge is 0.480 e. The van der Waals surface area contributed by atoms with Crippen LogP contribution in [0.4, 0.5) is 0 Å². The molecule has 2 aromatic rings. The highest BCUT2D eigenvalue weighted by atomic mass is 16.4. The summed E-state index contributed by atoms with van der Waals surface area (Å²) in [5.74, 6) is -1.50. The van der Waals surface area contributed by atoms with Crippen LogP contribution in [0.3, 0.4) is 0 Å². The van der Waals surface area contributed by atoms with E-state index in [2.05, 4.69) is 5.32 Å². The molecule has 1 amide bonds. The molecule has 1 spiro atoms. The van der Waals surface area contributed by atoms with Crippen molar-refractivity contribution >= 4 is 11.9 Å². The molecule has 4 rings (SSSR count). The molecule has 0 aliphatic carbocycles. The number of benzene rings is 2. The molecule has 28 heavy (non-hydrogen) atoms. The minimum atomic E-state index is -0.899. The summed E-state index contributed by atoms with van der Waals surface area (Å²) in [5.41, 5.74) is 1.71. The van der Waals surface area contributed by atoms with Gasteiger partial charge in [0.1, 0.15) is 6.04 Å². The van der Waals surface area contributed by atoms with Gasteiger partial charge in [0, 0.05) is 6.54 Å². The van der Waals surface area contributed by atoms with Gasteiger partial charge in [0.15, 0.2) is 0 Å². The molecule has 0 radical (unpaired) electrons. The van der Waals surface area contributed by atoms with Crippen LogP contribution in [0, 0.1) is 5.41 Å². The fraction of sp³-hybridized carbons (Fsp3) is 0.391. The van der Waals surface area contributed by atoms with E-state index in [1.807, 2.05) is 60.7 Å². The molecule has 2 fully saturated rings. The van der Waals surface area contributed by atoms with Gasteiger partial charge in [0.05, 0.1) is 5.92 Å². The van der Waals surface area contributed by atoms with Crippen molar-refractivity contribution in [3.63, 3.8) is 0 Å². The van der Waals surface area contributed by atoms with Gasteiger partial charge in [-0.2, -0.15) is 0 Å². The number of nitrogens with one attached hydrogen (secondary N) is 1. The normalized spacial score (nSPS) is 21.2. The van der Waals surface area contributed by atoms with E-state index in [-0.39, 0.29) is 11.3 Å². The summed E-state index contributed by atoms with van der Waals surface area (Å²) in [6.07, 6.45) is 2.38. The Morgan fingerprint density at radius 2 is 1.50 bits per heavy atom. The Hall–Kier alpha value is -2.66. The molecule has 0 saturated carbocycles. The van der Waals surface area contributed by atoms with Crippen molar-refractivity contribution in [3.8, 4) is 0 Å². The molecule has 2 aliphatic rings. The number of hydrogen-bond donors (Lipinski definition) is 2. The van der Waals surface area contributed by atoms with Crippen LogP contribution in [0.2, 0.25) is 0 Å². The summed E-state index contributed by atoms with van der Waals surface area (Å²) in [6.45, 7) is 2.30. The van der Waals surface area contributed by atoms with E-state index < -0.39 is 17.9 Å². The molecule has 2 aliphatic heterocycles. The third kappa shape index (κ3) is 3.54. The lowest BCUT2D eigenvalue weighted by Crippen LogP contribution is -2.44. The second-order valence-electron chi connectivity index (χ2n) is 8.03. The number of rotatable bonds is 4. The Kier molecular flexibility index (Phi) is 5.18. The van der Waals surface area contributed by atoms with E-state index in [1.54, 1.807) is 4.90 Å². The summed E-state index contributed by atoms with van der Waals surface area (Å²) in [6, 6.07) is 18.6. The van der Waals surface area contributed by atoms with E-state index in [0.29, 0.717) is 13.0 Å². The Bertz CT molecular complexity index is 792. The highest BCUT2D eigenvalue weighted by Crippen LogP contribution is 2.43.